The molecular weight excluding hydrogens is 281 g/mol. The van der Waals surface area contributed by atoms with Crippen LogP contribution in [0.25, 0.3) is 11.0 Å². The van der Waals surface area contributed by atoms with Crippen molar-refractivity contribution in [2.45, 2.75) is 13.0 Å². The zero-order valence-electron chi connectivity index (χ0n) is 12.8. The Balaban J connectivity index is 1.96. The molecule has 2 aromatic carbocycles. The van der Waals surface area contributed by atoms with E-state index in [0.29, 0.717) is 5.56 Å². The van der Waals surface area contributed by atoms with Crippen molar-refractivity contribution in [1.82, 2.24) is 9.13 Å². The van der Waals surface area contributed by atoms with Crippen LogP contribution in [0.15, 0.2) is 47.3 Å². The van der Waals surface area contributed by atoms with Gasteiger partial charge in [0, 0.05) is 25.3 Å². The number of hydrogen-bond donors (Lipinski definition) is 1. The molecule has 3 aromatic rings. The smallest absolute Gasteiger partial charge is 0.328 e. The molecule has 114 valence electrons. The average Bonchev–Trinajstić information content (AvgIpc) is 2.72. The lowest BCUT2D eigenvalue weighted by molar-refractivity contribution is 0.600. The molecule has 0 saturated carbocycles. The first kappa shape index (κ1) is 14.4. The fourth-order valence-electron chi connectivity index (χ4n) is 2.75. The summed E-state index contributed by atoms with van der Waals surface area (Å²) in [5, 5.41) is 3.28. The van der Waals surface area contributed by atoms with E-state index in [0.717, 1.165) is 16.7 Å². The van der Waals surface area contributed by atoms with Gasteiger partial charge in [-0.3, -0.25) is 9.13 Å². The number of imidazole rings is 1. The molecule has 0 aliphatic rings. The summed E-state index contributed by atoms with van der Waals surface area (Å²) in [7, 11) is 3.49. The van der Waals surface area contributed by atoms with Crippen LogP contribution in [0.4, 0.5) is 10.1 Å². The van der Waals surface area contributed by atoms with Crippen molar-refractivity contribution in [1.29, 1.82) is 0 Å². The van der Waals surface area contributed by atoms with Gasteiger partial charge < -0.3 is 5.32 Å². The number of rotatable bonds is 3. The largest absolute Gasteiger partial charge is 0.378 e. The van der Waals surface area contributed by atoms with Gasteiger partial charge in [-0.1, -0.05) is 18.2 Å². The third-order valence-corrected chi connectivity index (χ3v) is 4.03. The van der Waals surface area contributed by atoms with Gasteiger partial charge in [0.1, 0.15) is 5.82 Å². The van der Waals surface area contributed by atoms with Crippen molar-refractivity contribution in [3.63, 3.8) is 0 Å². The highest BCUT2D eigenvalue weighted by molar-refractivity contribution is 5.80. The van der Waals surface area contributed by atoms with Crippen LogP contribution < -0.4 is 11.0 Å². The van der Waals surface area contributed by atoms with E-state index in [1.807, 2.05) is 31.2 Å². The predicted molar refractivity (Wildman–Crippen MR) is 86.6 cm³/mol. The molecule has 22 heavy (non-hydrogen) atoms. The number of halogens is 1. The molecule has 0 amide bonds. The molecule has 0 aliphatic carbocycles. The maximum atomic E-state index is 13.8. The average molecular weight is 299 g/mol. The SMILES string of the molecule is C[C@H](Nc1ccc2c(c1)n(C)c(=O)n2C)c1ccccc1F. The van der Waals surface area contributed by atoms with Crippen LogP contribution in [-0.4, -0.2) is 9.13 Å². The Bertz CT molecular complexity index is 895. The number of nitrogens with zero attached hydrogens (tertiary/aromatic N) is 2. The van der Waals surface area contributed by atoms with E-state index >= 15 is 0 Å². The predicted octanol–water partition coefficient (Wildman–Crippen LogP) is 3.19. The molecule has 0 saturated heterocycles. The first-order chi connectivity index (χ1) is 10.5. The first-order valence-corrected chi connectivity index (χ1v) is 7.15. The summed E-state index contributed by atoms with van der Waals surface area (Å²) in [4.78, 5) is 11.9. The highest BCUT2D eigenvalue weighted by atomic mass is 19.1. The van der Waals surface area contributed by atoms with Crippen LogP contribution in [0.1, 0.15) is 18.5 Å². The van der Waals surface area contributed by atoms with Crippen molar-refractivity contribution < 1.29 is 4.39 Å². The summed E-state index contributed by atoms with van der Waals surface area (Å²) in [6.45, 7) is 1.91. The second-order valence-electron chi connectivity index (χ2n) is 5.49. The van der Waals surface area contributed by atoms with E-state index in [4.69, 9.17) is 0 Å². The van der Waals surface area contributed by atoms with Gasteiger partial charge in [0.2, 0.25) is 0 Å². The molecule has 0 unspecified atom stereocenters. The van der Waals surface area contributed by atoms with Gasteiger partial charge in [0.25, 0.3) is 0 Å². The molecule has 3 rings (SSSR count). The Hall–Kier alpha value is -2.56. The van der Waals surface area contributed by atoms with Crippen LogP contribution in [0.3, 0.4) is 0 Å². The minimum Gasteiger partial charge on any atom is -0.378 e. The lowest BCUT2D eigenvalue weighted by atomic mass is 10.1. The zero-order chi connectivity index (χ0) is 15.9. The number of aromatic nitrogens is 2. The minimum atomic E-state index is -0.226. The maximum Gasteiger partial charge on any atom is 0.328 e. The number of nitrogens with one attached hydrogen (secondary N) is 1. The second kappa shape index (κ2) is 5.33. The van der Waals surface area contributed by atoms with Gasteiger partial charge in [-0.2, -0.15) is 0 Å². The van der Waals surface area contributed by atoms with Gasteiger partial charge in [0.05, 0.1) is 17.1 Å². The first-order valence-electron chi connectivity index (χ1n) is 7.15. The van der Waals surface area contributed by atoms with Crippen molar-refractivity contribution in [2.24, 2.45) is 14.1 Å². The quantitative estimate of drug-likeness (QED) is 0.806. The molecule has 0 fully saturated rings. The van der Waals surface area contributed by atoms with Crippen LogP contribution in [0, 0.1) is 5.82 Å². The van der Waals surface area contributed by atoms with E-state index < -0.39 is 0 Å². The van der Waals surface area contributed by atoms with Crippen LogP contribution in [0.5, 0.6) is 0 Å². The molecule has 0 radical (unpaired) electrons. The number of aryl methyl sites for hydroxylation is 2. The van der Waals surface area contributed by atoms with Gasteiger partial charge in [0.15, 0.2) is 0 Å². The summed E-state index contributed by atoms with van der Waals surface area (Å²) < 4.78 is 17.0. The summed E-state index contributed by atoms with van der Waals surface area (Å²) in [5.74, 6) is -0.226. The number of hydrogen-bond acceptors (Lipinski definition) is 2. The molecule has 1 aromatic heterocycles. The molecule has 1 heterocycles. The number of fused-ring (bicyclic) bond motifs is 1. The van der Waals surface area contributed by atoms with Crippen LogP contribution >= 0.6 is 0 Å². The second-order valence-corrected chi connectivity index (χ2v) is 5.49. The van der Waals surface area contributed by atoms with Gasteiger partial charge in [-0.05, 0) is 31.2 Å². The zero-order valence-corrected chi connectivity index (χ0v) is 12.8. The summed E-state index contributed by atoms with van der Waals surface area (Å²) in [5.41, 5.74) is 3.12. The Morgan fingerprint density at radius 1 is 1.05 bits per heavy atom. The molecule has 1 atom stereocenters. The lowest BCUT2D eigenvalue weighted by Crippen LogP contribution is -2.19. The number of anilines is 1. The molecule has 0 spiro atoms. The van der Waals surface area contributed by atoms with E-state index in [9.17, 15) is 9.18 Å². The van der Waals surface area contributed by atoms with Crippen molar-refractivity contribution in [3.05, 3.63) is 64.3 Å². The van der Waals surface area contributed by atoms with E-state index in [1.165, 1.54) is 6.07 Å². The minimum absolute atomic E-state index is 0.0608. The van der Waals surface area contributed by atoms with E-state index in [-0.39, 0.29) is 17.5 Å². The topological polar surface area (TPSA) is 39.0 Å². The maximum absolute atomic E-state index is 13.8. The lowest BCUT2D eigenvalue weighted by Gasteiger charge is -2.16. The van der Waals surface area contributed by atoms with Crippen molar-refractivity contribution in [2.75, 3.05) is 5.32 Å². The van der Waals surface area contributed by atoms with Crippen LogP contribution in [0.2, 0.25) is 0 Å². The molecule has 4 nitrogen and oxygen atoms in total. The molecule has 0 bridgehead atoms. The van der Waals surface area contributed by atoms with E-state index in [1.54, 1.807) is 35.4 Å². The van der Waals surface area contributed by atoms with Gasteiger partial charge in [-0.25, -0.2) is 9.18 Å². The Morgan fingerprint density at radius 3 is 2.45 bits per heavy atom. The highest BCUT2D eigenvalue weighted by Gasteiger charge is 2.12. The standard InChI is InChI=1S/C17H18FN3O/c1-11(13-6-4-5-7-14(13)18)19-12-8-9-15-16(10-12)21(3)17(22)20(15)2/h4-11,19H,1-3H3/t11-/m0/s1. The van der Waals surface area contributed by atoms with Crippen molar-refractivity contribution >= 4 is 16.7 Å². The monoisotopic (exact) mass is 299 g/mol. The van der Waals surface area contributed by atoms with Crippen LogP contribution in [-0.2, 0) is 14.1 Å². The molecule has 5 heteroatoms. The Morgan fingerprint density at radius 2 is 1.73 bits per heavy atom. The highest BCUT2D eigenvalue weighted by Crippen LogP contribution is 2.24. The summed E-state index contributed by atoms with van der Waals surface area (Å²) >= 11 is 0. The summed E-state index contributed by atoms with van der Waals surface area (Å²) in [6, 6.07) is 12.3. The third kappa shape index (κ3) is 2.28. The van der Waals surface area contributed by atoms with Gasteiger partial charge >= 0.3 is 5.69 Å². The number of benzene rings is 2. The Kier molecular flexibility index (Phi) is 3.48. The fourth-order valence-corrected chi connectivity index (χ4v) is 2.75. The normalized spacial score (nSPS) is 12.5. The summed E-state index contributed by atoms with van der Waals surface area (Å²) in [6.07, 6.45) is 0. The van der Waals surface area contributed by atoms with Gasteiger partial charge in [-0.15, -0.1) is 0 Å². The van der Waals surface area contributed by atoms with Crippen molar-refractivity contribution in [3.8, 4) is 0 Å². The third-order valence-electron chi connectivity index (χ3n) is 4.03. The van der Waals surface area contributed by atoms with E-state index in [2.05, 4.69) is 5.32 Å². The fraction of sp³-hybridized carbons (Fsp3) is 0.235. The Labute approximate surface area is 127 Å². The molecular formula is C17H18FN3O. The molecule has 1 N–H and O–H groups in total. The molecule has 0 aliphatic heterocycles.